The molecule has 19 heavy (non-hydrogen) atoms. The summed E-state index contributed by atoms with van der Waals surface area (Å²) >= 11 is 6.01. The van der Waals surface area contributed by atoms with Crippen molar-refractivity contribution in [2.45, 2.75) is 46.6 Å². The molecule has 0 aliphatic rings. The molecule has 2 unspecified atom stereocenters. The van der Waals surface area contributed by atoms with Gasteiger partial charge in [-0.2, -0.15) is 0 Å². The molecule has 0 heterocycles. The summed E-state index contributed by atoms with van der Waals surface area (Å²) < 4.78 is 5.95. The summed E-state index contributed by atoms with van der Waals surface area (Å²) in [5, 5.41) is 4.29. The Bertz CT molecular complexity index is 381. The van der Waals surface area contributed by atoms with Crippen LogP contribution in [-0.4, -0.2) is 19.2 Å². The molecule has 0 bridgehead atoms. The van der Waals surface area contributed by atoms with E-state index < -0.39 is 0 Å². The monoisotopic (exact) mass is 283 g/mol. The molecule has 0 aliphatic heterocycles. The highest BCUT2D eigenvalue weighted by molar-refractivity contribution is 6.30. The molecule has 1 N–H and O–H groups in total. The zero-order valence-corrected chi connectivity index (χ0v) is 13.3. The van der Waals surface area contributed by atoms with Gasteiger partial charge in [0.1, 0.15) is 12.4 Å². The third kappa shape index (κ3) is 5.42. The number of nitrogens with one attached hydrogen (secondary N) is 1. The van der Waals surface area contributed by atoms with Crippen LogP contribution in [0, 0.1) is 12.8 Å². The molecule has 3 heteroatoms. The summed E-state index contributed by atoms with van der Waals surface area (Å²) in [4.78, 5) is 0. The molecule has 0 saturated carbocycles. The van der Waals surface area contributed by atoms with Crippen molar-refractivity contribution < 1.29 is 4.74 Å². The minimum atomic E-state index is 0.392. The maximum absolute atomic E-state index is 6.01. The van der Waals surface area contributed by atoms with Crippen LogP contribution < -0.4 is 10.1 Å². The van der Waals surface area contributed by atoms with E-state index in [1.165, 1.54) is 0 Å². The molecular formula is C16H26ClNO. The third-order valence-electron chi connectivity index (χ3n) is 3.56. The van der Waals surface area contributed by atoms with Gasteiger partial charge in [-0.15, -0.1) is 0 Å². The lowest BCUT2D eigenvalue weighted by Crippen LogP contribution is -2.40. The van der Waals surface area contributed by atoms with Gasteiger partial charge in [0.2, 0.25) is 0 Å². The first-order valence-electron chi connectivity index (χ1n) is 7.20. The summed E-state index contributed by atoms with van der Waals surface area (Å²) in [6.07, 6.45) is 2.29. The molecule has 0 spiro atoms. The molecular weight excluding hydrogens is 258 g/mol. The summed E-state index contributed by atoms with van der Waals surface area (Å²) in [6.45, 7) is 10.4. The highest BCUT2D eigenvalue weighted by Gasteiger charge is 2.16. The molecule has 0 fully saturated rings. The Hall–Kier alpha value is -0.730. The Labute approximate surface area is 122 Å². The number of halogens is 1. The molecule has 0 saturated heterocycles. The second-order valence-electron chi connectivity index (χ2n) is 5.17. The van der Waals surface area contributed by atoms with Crippen molar-refractivity contribution in [3.63, 3.8) is 0 Å². The van der Waals surface area contributed by atoms with E-state index >= 15 is 0 Å². The lowest BCUT2D eigenvalue weighted by atomic mass is 10.00. The first-order chi connectivity index (χ1) is 9.08. The topological polar surface area (TPSA) is 21.3 Å². The molecule has 1 aromatic rings. The first kappa shape index (κ1) is 16.3. The summed E-state index contributed by atoms with van der Waals surface area (Å²) in [5.74, 6) is 1.49. The van der Waals surface area contributed by atoms with Gasteiger partial charge in [-0.1, -0.05) is 44.9 Å². The summed E-state index contributed by atoms with van der Waals surface area (Å²) in [5.41, 5.74) is 1.13. The van der Waals surface area contributed by atoms with E-state index in [9.17, 15) is 0 Å². The molecule has 0 aromatic heterocycles. The van der Waals surface area contributed by atoms with Gasteiger partial charge < -0.3 is 10.1 Å². The van der Waals surface area contributed by atoms with Gasteiger partial charge in [0.25, 0.3) is 0 Å². The van der Waals surface area contributed by atoms with Gasteiger partial charge in [-0.3, -0.25) is 0 Å². The van der Waals surface area contributed by atoms with Crippen molar-refractivity contribution in [2.75, 3.05) is 13.2 Å². The fourth-order valence-electron chi connectivity index (χ4n) is 1.95. The largest absolute Gasteiger partial charge is 0.492 e. The van der Waals surface area contributed by atoms with Gasteiger partial charge in [0, 0.05) is 11.1 Å². The van der Waals surface area contributed by atoms with Crippen molar-refractivity contribution in [3.8, 4) is 5.75 Å². The van der Waals surface area contributed by atoms with E-state index in [-0.39, 0.29) is 0 Å². The standard InChI is InChI=1S/C16H26ClNO/c1-5-9-18-15(12(3)6-2)11-19-16-10-14(17)8-7-13(16)4/h7-8,10,12,15,18H,5-6,9,11H2,1-4H3. The van der Waals surface area contributed by atoms with Crippen LogP contribution in [0.1, 0.15) is 39.2 Å². The van der Waals surface area contributed by atoms with Crippen LogP contribution >= 0.6 is 11.6 Å². The Morgan fingerprint density at radius 1 is 1.32 bits per heavy atom. The number of aryl methyl sites for hydroxylation is 1. The Morgan fingerprint density at radius 3 is 2.68 bits per heavy atom. The van der Waals surface area contributed by atoms with Crippen LogP contribution in [-0.2, 0) is 0 Å². The van der Waals surface area contributed by atoms with Crippen LogP contribution in [0.2, 0.25) is 5.02 Å². The van der Waals surface area contributed by atoms with Crippen molar-refractivity contribution in [1.29, 1.82) is 0 Å². The lowest BCUT2D eigenvalue weighted by molar-refractivity contribution is 0.219. The molecule has 0 aliphatic carbocycles. The average Bonchev–Trinajstić information content (AvgIpc) is 2.41. The zero-order valence-electron chi connectivity index (χ0n) is 12.5. The maximum atomic E-state index is 6.01. The van der Waals surface area contributed by atoms with E-state index in [1.54, 1.807) is 0 Å². The minimum Gasteiger partial charge on any atom is -0.492 e. The molecule has 0 radical (unpaired) electrons. The number of hydrogen-bond acceptors (Lipinski definition) is 2. The molecule has 2 atom stereocenters. The number of rotatable bonds is 8. The number of hydrogen-bond donors (Lipinski definition) is 1. The van der Waals surface area contributed by atoms with Gasteiger partial charge in [-0.25, -0.2) is 0 Å². The maximum Gasteiger partial charge on any atom is 0.123 e. The van der Waals surface area contributed by atoms with E-state index in [1.807, 2.05) is 25.1 Å². The van der Waals surface area contributed by atoms with Gasteiger partial charge in [-0.05, 0) is 43.5 Å². The SMILES string of the molecule is CCCNC(COc1cc(Cl)ccc1C)C(C)CC. The average molecular weight is 284 g/mol. The Morgan fingerprint density at radius 2 is 2.05 bits per heavy atom. The number of benzene rings is 1. The minimum absolute atomic E-state index is 0.392. The van der Waals surface area contributed by atoms with Crippen LogP contribution in [0.5, 0.6) is 5.75 Å². The zero-order chi connectivity index (χ0) is 14.3. The predicted octanol–water partition coefficient (Wildman–Crippen LogP) is 4.44. The quantitative estimate of drug-likeness (QED) is 0.761. The molecule has 108 valence electrons. The second-order valence-corrected chi connectivity index (χ2v) is 5.60. The summed E-state index contributed by atoms with van der Waals surface area (Å²) in [7, 11) is 0. The lowest BCUT2D eigenvalue weighted by Gasteiger charge is -2.25. The molecule has 0 amide bonds. The highest BCUT2D eigenvalue weighted by atomic mass is 35.5. The predicted molar refractivity (Wildman–Crippen MR) is 83.2 cm³/mol. The third-order valence-corrected chi connectivity index (χ3v) is 3.79. The van der Waals surface area contributed by atoms with Crippen LogP contribution in [0.3, 0.4) is 0 Å². The molecule has 1 aromatic carbocycles. The van der Waals surface area contributed by atoms with Crippen molar-refractivity contribution in [3.05, 3.63) is 28.8 Å². The highest BCUT2D eigenvalue weighted by Crippen LogP contribution is 2.23. The smallest absolute Gasteiger partial charge is 0.123 e. The second kappa shape index (κ2) is 8.44. The van der Waals surface area contributed by atoms with Crippen LogP contribution in [0.4, 0.5) is 0 Å². The Kier molecular flexibility index (Phi) is 7.25. The van der Waals surface area contributed by atoms with Gasteiger partial charge in [0.15, 0.2) is 0 Å². The molecule has 2 nitrogen and oxygen atoms in total. The van der Waals surface area contributed by atoms with Crippen LogP contribution in [0.25, 0.3) is 0 Å². The van der Waals surface area contributed by atoms with Gasteiger partial charge in [0.05, 0.1) is 0 Å². The van der Waals surface area contributed by atoms with E-state index in [0.29, 0.717) is 18.6 Å². The van der Waals surface area contributed by atoms with Gasteiger partial charge >= 0.3 is 0 Å². The first-order valence-corrected chi connectivity index (χ1v) is 7.58. The fourth-order valence-corrected chi connectivity index (χ4v) is 2.11. The van der Waals surface area contributed by atoms with E-state index in [0.717, 1.165) is 35.7 Å². The number of ether oxygens (including phenoxy) is 1. The van der Waals surface area contributed by atoms with E-state index in [2.05, 4.69) is 26.1 Å². The molecule has 1 rings (SSSR count). The van der Waals surface area contributed by atoms with Crippen molar-refractivity contribution in [1.82, 2.24) is 5.32 Å². The normalized spacial score (nSPS) is 14.2. The van der Waals surface area contributed by atoms with Crippen LogP contribution in [0.15, 0.2) is 18.2 Å². The fraction of sp³-hybridized carbons (Fsp3) is 0.625. The van der Waals surface area contributed by atoms with Crippen molar-refractivity contribution in [2.24, 2.45) is 5.92 Å². The Balaban J connectivity index is 2.61. The summed E-state index contributed by atoms with van der Waals surface area (Å²) in [6, 6.07) is 6.17. The van der Waals surface area contributed by atoms with Crippen molar-refractivity contribution >= 4 is 11.6 Å². The van der Waals surface area contributed by atoms with E-state index in [4.69, 9.17) is 16.3 Å².